The minimum atomic E-state index is -0.713. The molecule has 0 aliphatic carbocycles. The van der Waals surface area contributed by atoms with E-state index in [-0.39, 0.29) is 35.5 Å². The molecular formula is C33H47N3O4S. The summed E-state index contributed by atoms with van der Waals surface area (Å²) in [6.07, 6.45) is 8.48. The number of thioether (sulfide) groups is 1. The van der Waals surface area contributed by atoms with Gasteiger partial charge in [0.15, 0.2) is 0 Å². The second-order valence-electron chi connectivity index (χ2n) is 12.1. The number of benzene rings is 1. The maximum absolute atomic E-state index is 14.6. The van der Waals surface area contributed by atoms with Crippen LogP contribution in [-0.4, -0.2) is 80.9 Å². The van der Waals surface area contributed by atoms with Crippen LogP contribution >= 0.6 is 11.8 Å². The van der Waals surface area contributed by atoms with E-state index in [0.717, 1.165) is 31.4 Å². The summed E-state index contributed by atoms with van der Waals surface area (Å²) in [5.74, 6) is -1.23. The standard InChI is InChI=1S/C33H47N3O4S/c1-6-9-13-20-34(18-7-2)32(40)29-33-17-16-26(41-33)27(28(33)31(39)36(29)25(22-37)21-23(4)5)30(38)35(19-8-3)24-14-11-10-12-15-24/h7-8,10-12,14-15,23,25-29,37H,2-3,6,9,13,16-22H2,1,4-5H3/t25-,26+,27-,28+,29?,33?/m1/s1. The van der Waals surface area contributed by atoms with Gasteiger partial charge in [0.05, 0.1) is 29.2 Å². The number of rotatable bonds is 15. The zero-order chi connectivity index (χ0) is 29.7. The minimum absolute atomic E-state index is 0.0319. The van der Waals surface area contributed by atoms with Crippen molar-refractivity contribution in [2.24, 2.45) is 17.8 Å². The molecule has 0 radical (unpaired) electrons. The summed E-state index contributed by atoms with van der Waals surface area (Å²) in [6, 6.07) is 8.33. The molecule has 1 spiro atoms. The van der Waals surface area contributed by atoms with Gasteiger partial charge >= 0.3 is 0 Å². The van der Waals surface area contributed by atoms with Crippen LogP contribution in [0.3, 0.4) is 0 Å². The highest BCUT2D eigenvalue weighted by molar-refractivity contribution is 8.02. The van der Waals surface area contributed by atoms with Crippen LogP contribution in [0.2, 0.25) is 0 Å². The van der Waals surface area contributed by atoms with Crippen molar-refractivity contribution in [3.8, 4) is 0 Å². The van der Waals surface area contributed by atoms with Gasteiger partial charge in [0.1, 0.15) is 6.04 Å². The fourth-order valence-electron chi connectivity index (χ4n) is 7.28. The monoisotopic (exact) mass is 581 g/mol. The molecule has 0 aromatic heterocycles. The highest BCUT2D eigenvalue weighted by Gasteiger charge is 2.74. The lowest BCUT2D eigenvalue weighted by Gasteiger charge is -2.40. The molecule has 2 unspecified atom stereocenters. The van der Waals surface area contributed by atoms with Gasteiger partial charge in [0.2, 0.25) is 17.7 Å². The number of aliphatic hydroxyl groups is 1. The van der Waals surface area contributed by atoms with E-state index in [1.165, 1.54) is 0 Å². The maximum atomic E-state index is 14.6. The van der Waals surface area contributed by atoms with Crippen molar-refractivity contribution in [2.45, 2.75) is 81.4 Å². The SMILES string of the molecule is C=CCN(CCCCC)C(=O)C1N([C@@H](CO)CC(C)C)C(=O)[C@@H]2[C@H](C(=O)N(CC=C)c3ccccc3)[C@@H]3CCC12S3. The lowest BCUT2D eigenvalue weighted by Crippen LogP contribution is -2.57. The number of hydrogen-bond donors (Lipinski definition) is 1. The molecule has 2 bridgehead atoms. The largest absolute Gasteiger partial charge is 0.394 e. The molecule has 8 heteroatoms. The lowest BCUT2D eigenvalue weighted by molar-refractivity contribution is -0.146. The summed E-state index contributed by atoms with van der Waals surface area (Å²) >= 11 is 1.68. The topological polar surface area (TPSA) is 81.2 Å². The van der Waals surface area contributed by atoms with Crippen molar-refractivity contribution in [3.05, 3.63) is 55.6 Å². The van der Waals surface area contributed by atoms with Gasteiger partial charge in [0, 0.05) is 30.6 Å². The molecule has 1 N–H and O–H groups in total. The van der Waals surface area contributed by atoms with Crippen molar-refractivity contribution in [2.75, 3.05) is 31.1 Å². The Kier molecular flexibility index (Phi) is 10.4. The summed E-state index contributed by atoms with van der Waals surface area (Å²) in [5.41, 5.74) is 0.773. The third kappa shape index (κ3) is 5.87. The number of para-hydroxylation sites is 1. The molecular weight excluding hydrogens is 534 g/mol. The first-order chi connectivity index (χ1) is 19.7. The lowest BCUT2D eigenvalue weighted by atomic mass is 9.70. The number of aliphatic hydroxyl groups excluding tert-OH is 1. The van der Waals surface area contributed by atoms with Crippen LogP contribution in [0.5, 0.6) is 0 Å². The van der Waals surface area contributed by atoms with Gasteiger partial charge < -0.3 is 19.8 Å². The summed E-state index contributed by atoms with van der Waals surface area (Å²) in [6.45, 7) is 15.2. The number of carbonyl (C=O) groups is 3. The molecule has 3 fully saturated rings. The first kappa shape index (κ1) is 31.4. The number of likely N-dealkylation sites (tertiary alicyclic amines) is 1. The smallest absolute Gasteiger partial charge is 0.247 e. The van der Waals surface area contributed by atoms with Crippen LogP contribution in [0.1, 0.15) is 59.3 Å². The molecule has 7 nitrogen and oxygen atoms in total. The Hall–Kier alpha value is -2.58. The van der Waals surface area contributed by atoms with Gasteiger partial charge in [0.25, 0.3) is 0 Å². The van der Waals surface area contributed by atoms with Gasteiger partial charge in [-0.1, -0.05) is 64.0 Å². The van der Waals surface area contributed by atoms with Crippen LogP contribution in [0.15, 0.2) is 55.6 Å². The molecule has 3 aliphatic heterocycles. The maximum Gasteiger partial charge on any atom is 0.247 e. The highest BCUT2D eigenvalue weighted by atomic mass is 32.2. The molecule has 1 aromatic rings. The second kappa shape index (κ2) is 13.6. The third-order valence-electron chi connectivity index (χ3n) is 8.94. The van der Waals surface area contributed by atoms with Crippen molar-refractivity contribution in [1.82, 2.24) is 9.80 Å². The van der Waals surface area contributed by atoms with Crippen molar-refractivity contribution < 1.29 is 19.5 Å². The molecule has 6 atom stereocenters. The zero-order valence-corrected chi connectivity index (χ0v) is 25.7. The van der Waals surface area contributed by atoms with E-state index in [1.54, 1.807) is 33.7 Å². The van der Waals surface area contributed by atoms with Gasteiger partial charge in [-0.25, -0.2) is 0 Å². The average Bonchev–Trinajstić information content (AvgIpc) is 3.61. The van der Waals surface area contributed by atoms with E-state index in [2.05, 4.69) is 33.9 Å². The molecule has 3 amide bonds. The summed E-state index contributed by atoms with van der Waals surface area (Å²) in [7, 11) is 0. The molecule has 41 heavy (non-hydrogen) atoms. The number of fused-ring (bicyclic) bond motifs is 1. The Bertz CT molecular complexity index is 1110. The van der Waals surface area contributed by atoms with E-state index < -0.39 is 28.7 Å². The van der Waals surface area contributed by atoms with E-state index in [9.17, 15) is 19.5 Å². The Morgan fingerprint density at radius 2 is 1.85 bits per heavy atom. The molecule has 1 aromatic carbocycles. The van der Waals surface area contributed by atoms with E-state index in [4.69, 9.17) is 0 Å². The molecule has 3 saturated heterocycles. The van der Waals surface area contributed by atoms with Crippen molar-refractivity contribution in [3.63, 3.8) is 0 Å². The van der Waals surface area contributed by atoms with Crippen molar-refractivity contribution in [1.29, 1.82) is 0 Å². The Labute approximate surface area is 250 Å². The van der Waals surface area contributed by atoms with Crippen LogP contribution in [0, 0.1) is 17.8 Å². The Morgan fingerprint density at radius 3 is 2.46 bits per heavy atom. The van der Waals surface area contributed by atoms with Gasteiger partial charge in [-0.15, -0.1) is 24.9 Å². The molecule has 3 heterocycles. The van der Waals surface area contributed by atoms with Gasteiger partial charge in [-0.3, -0.25) is 14.4 Å². The summed E-state index contributed by atoms with van der Waals surface area (Å²) in [5, 5.41) is 10.5. The quantitative estimate of drug-likeness (QED) is 0.235. The van der Waals surface area contributed by atoms with E-state index in [0.29, 0.717) is 32.5 Å². The van der Waals surface area contributed by atoms with Gasteiger partial charge in [-0.2, -0.15) is 0 Å². The van der Waals surface area contributed by atoms with Crippen LogP contribution < -0.4 is 4.90 Å². The predicted octanol–water partition coefficient (Wildman–Crippen LogP) is 4.91. The number of unbranched alkanes of at least 4 members (excludes halogenated alkanes) is 2. The normalized spacial score (nSPS) is 27.1. The van der Waals surface area contributed by atoms with Crippen LogP contribution in [-0.2, 0) is 14.4 Å². The number of amides is 3. The highest BCUT2D eigenvalue weighted by Crippen LogP contribution is 2.67. The first-order valence-electron chi connectivity index (χ1n) is 15.2. The molecule has 4 rings (SSSR count). The third-order valence-corrected chi connectivity index (χ3v) is 10.9. The Balaban J connectivity index is 1.77. The molecule has 3 aliphatic rings. The van der Waals surface area contributed by atoms with Gasteiger partial charge in [-0.05, 0) is 43.7 Å². The number of carbonyl (C=O) groups excluding carboxylic acids is 3. The number of nitrogens with zero attached hydrogens (tertiary/aromatic N) is 3. The summed E-state index contributed by atoms with van der Waals surface area (Å²) < 4.78 is -0.690. The fraction of sp³-hybridized carbons (Fsp3) is 0.606. The summed E-state index contributed by atoms with van der Waals surface area (Å²) in [4.78, 5) is 48.7. The molecule has 0 saturated carbocycles. The Morgan fingerprint density at radius 1 is 1.15 bits per heavy atom. The first-order valence-corrected chi connectivity index (χ1v) is 16.1. The minimum Gasteiger partial charge on any atom is -0.394 e. The fourth-order valence-corrected chi connectivity index (χ4v) is 9.47. The van der Waals surface area contributed by atoms with Crippen molar-refractivity contribution >= 4 is 35.2 Å². The van der Waals surface area contributed by atoms with Crippen LogP contribution in [0.4, 0.5) is 5.69 Å². The van der Waals surface area contributed by atoms with E-state index >= 15 is 0 Å². The second-order valence-corrected chi connectivity index (χ2v) is 13.7. The average molecular weight is 582 g/mol. The zero-order valence-electron chi connectivity index (χ0n) is 24.9. The number of hydrogen-bond acceptors (Lipinski definition) is 5. The predicted molar refractivity (Wildman–Crippen MR) is 167 cm³/mol. The van der Waals surface area contributed by atoms with E-state index in [1.807, 2.05) is 35.2 Å². The van der Waals surface area contributed by atoms with Crippen LogP contribution in [0.25, 0.3) is 0 Å². The number of anilines is 1. The molecule has 224 valence electrons.